The molecule has 0 saturated heterocycles. The van der Waals surface area contributed by atoms with Crippen LogP contribution in [0.15, 0.2) is 0 Å². The Bertz CT molecular complexity index is 54.0. The van der Waals surface area contributed by atoms with Crippen LogP contribution in [0.2, 0.25) is 0 Å². The van der Waals surface area contributed by atoms with Crippen LogP contribution in [0.1, 0.15) is 19.8 Å². The highest BCUT2D eigenvalue weighted by Crippen LogP contribution is 1.95. The van der Waals surface area contributed by atoms with Crippen LogP contribution in [0.3, 0.4) is 0 Å². The summed E-state index contributed by atoms with van der Waals surface area (Å²) in [5, 5.41) is 0. The highest BCUT2D eigenvalue weighted by molar-refractivity contribution is 5.56. The number of hydrogen-bond donors (Lipinski definition) is 0. The van der Waals surface area contributed by atoms with Crippen LogP contribution >= 0.6 is 0 Å². The van der Waals surface area contributed by atoms with E-state index in [1.807, 2.05) is 6.92 Å². The maximum Gasteiger partial charge on any atom is 0.235 e. The molecule has 2 heteroatoms. The summed E-state index contributed by atoms with van der Waals surface area (Å²) in [5.41, 5.74) is 0. The molecule has 0 aromatic carbocycles. The molecule has 0 fully saturated rings. The van der Waals surface area contributed by atoms with Crippen molar-refractivity contribution in [2.24, 2.45) is 0 Å². The van der Waals surface area contributed by atoms with Crippen molar-refractivity contribution in [2.75, 3.05) is 0 Å². The Labute approximate surface area is 42.5 Å². The van der Waals surface area contributed by atoms with Crippen LogP contribution in [-0.2, 0) is 4.79 Å². The smallest absolute Gasteiger partial charge is 0.235 e. The zero-order chi connectivity index (χ0) is 5.70. The first-order valence-electron chi connectivity index (χ1n) is 2.33. The first-order valence-corrected chi connectivity index (χ1v) is 2.33. The van der Waals surface area contributed by atoms with Gasteiger partial charge in [-0.2, -0.15) is 0 Å². The molecular weight excluding hydrogens is 95.1 g/mol. The van der Waals surface area contributed by atoms with E-state index in [2.05, 4.69) is 0 Å². The molecule has 0 N–H and O–H groups in total. The molecule has 0 aromatic heterocycles. The van der Waals surface area contributed by atoms with Gasteiger partial charge in [0.2, 0.25) is 6.29 Å². The average Bonchev–Trinajstić information content (AvgIpc) is 1.68. The lowest BCUT2D eigenvalue weighted by Crippen LogP contribution is -1.98. The summed E-state index contributed by atoms with van der Waals surface area (Å²) in [6.07, 6.45) is 0.906. The van der Waals surface area contributed by atoms with E-state index in [9.17, 15) is 9.18 Å². The Morgan fingerprint density at radius 1 is 1.86 bits per heavy atom. The van der Waals surface area contributed by atoms with E-state index in [4.69, 9.17) is 0 Å². The first kappa shape index (κ1) is 6.60. The molecular formula is C5H8FO. The molecule has 7 heavy (non-hydrogen) atoms. The third kappa shape index (κ3) is 3.43. The lowest BCUT2D eigenvalue weighted by atomic mass is 10.2. The fraction of sp³-hybridized carbons (Fsp3) is 0.800. The summed E-state index contributed by atoms with van der Waals surface area (Å²) in [6, 6.07) is 0. The molecule has 1 nitrogen and oxygen atoms in total. The zero-order valence-electron chi connectivity index (χ0n) is 4.28. The predicted molar refractivity (Wildman–Crippen MR) is 25.5 cm³/mol. The van der Waals surface area contributed by atoms with Gasteiger partial charge in [0.1, 0.15) is 0 Å². The van der Waals surface area contributed by atoms with Crippen molar-refractivity contribution in [2.45, 2.75) is 25.9 Å². The largest absolute Gasteiger partial charge is 0.287 e. The molecule has 0 bridgehead atoms. The summed E-state index contributed by atoms with van der Waals surface area (Å²) in [6.45, 7) is 1.82. The van der Waals surface area contributed by atoms with Crippen molar-refractivity contribution >= 4 is 6.29 Å². The second-order valence-electron chi connectivity index (χ2n) is 1.37. The van der Waals surface area contributed by atoms with Crippen LogP contribution < -0.4 is 0 Å². The minimum Gasteiger partial charge on any atom is -0.287 e. The number of carbonyl (C=O) groups excluding carboxylic acids is 1. The van der Waals surface area contributed by atoms with Gasteiger partial charge in [0, 0.05) is 0 Å². The molecule has 0 heterocycles. The van der Waals surface area contributed by atoms with Gasteiger partial charge in [-0.25, -0.2) is 4.39 Å². The van der Waals surface area contributed by atoms with Crippen molar-refractivity contribution in [3.8, 4) is 0 Å². The molecule has 1 atom stereocenters. The quantitative estimate of drug-likeness (QED) is 0.525. The molecule has 1 radical (unpaired) electrons. The van der Waals surface area contributed by atoms with Gasteiger partial charge in [-0.05, 0) is 6.42 Å². The Kier molecular flexibility index (Phi) is 3.56. The third-order valence-corrected chi connectivity index (χ3v) is 0.670. The second kappa shape index (κ2) is 3.78. The Balaban J connectivity index is 2.98. The van der Waals surface area contributed by atoms with Gasteiger partial charge in [-0.1, -0.05) is 13.3 Å². The highest BCUT2D eigenvalue weighted by atomic mass is 19.1. The summed E-state index contributed by atoms with van der Waals surface area (Å²) in [4.78, 5) is 9.39. The van der Waals surface area contributed by atoms with Gasteiger partial charge >= 0.3 is 0 Å². The predicted octanol–water partition coefficient (Wildman–Crippen LogP) is 1.23. The van der Waals surface area contributed by atoms with Crippen LogP contribution in [-0.4, -0.2) is 12.5 Å². The maximum atomic E-state index is 11.7. The van der Waals surface area contributed by atoms with Gasteiger partial charge in [-0.3, -0.25) is 4.79 Å². The summed E-state index contributed by atoms with van der Waals surface area (Å²) in [7, 11) is 0. The number of rotatable bonds is 3. The Morgan fingerprint density at radius 3 is 2.57 bits per heavy atom. The van der Waals surface area contributed by atoms with Gasteiger partial charge in [-0.15, -0.1) is 0 Å². The van der Waals surface area contributed by atoms with E-state index >= 15 is 0 Å². The molecule has 0 amide bonds. The molecule has 0 saturated carbocycles. The minimum atomic E-state index is -1.36. The monoisotopic (exact) mass is 103 g/mol. The van der Waals surface area contributed by atoms with Crippen molar-refractivity contribution in [3.05, 3.63) is 0 Å². The molecule has 0 aliphatic carbocycles. The molecule has 0 aromatic rings. The van der Waals surface area contributed by atoms with Crippen LogP contribution in [0, 0.1) is 0 Å². The van der Waals surface area contributed by atoms with Gasteiger partial charge in [0.05, 0.1) is 0 Å². The first-order chi connectivity index (χ1) is 3.31. The van der Waals surface area contributed by atoms with Crippen LogP contribution in [0.25, 0.3) is 0 Å². The fourth-order valence-corrected chi connectivity index (χ4v) is 0.312. The number of hydrogen-bond acceptors (Lipinski definition) is 1. The zero-order valence-corrected chi connectivity index (χ0v) is 4.28. The van der Waals surface area contributed by atoms with E-state index in [-0.39, 0.29) is 0 Å². The summed E-state index contributed by atoms with van der Waals surface area (Å²) < 4.78 is 11.7. The van der Waals surface area contributed by atoms with E-state index in [0.29, 0.717) is 12.8 Å². The van der Waals surface area contributed by atoms with E-state index in [0.717, 1.165) is 0 Å². The van der Waals surface area contributed by atoms with E-state index in [1.54, 1.807) is 0 Å². The van der Waals surface area contributed by atoms with Gasteiger partial charge in [0.25, 0.3) is 0 Å². The van der Waals surface area contributed by atoms with Crippen molar-refractivity contribution in [1.29, 1.82) is 0 Å². The lowest BCUT2D eigenvalue weighted by Gasteiger charge is -1.89. The average molecular weight is 103 g/mol. The van der Waals surface area contributed by atoms with Crippen molar-refractivity contribution < 1.29 is 9.18 Å². The van der Waals surface area contributed by atoms with Crippen LogP contribution in [0.5, 0.6) is 0 Å². The standard InChI is InChI=1S/C5H8FO/c1-2-3-5(6)4-7/h5H,2-3H2,1H3/t5-/m0/s1. The maximum absolute atomic E-state index is 11.7. The van der Waals surface area contributed by atoms with Crippen molar-refractivity contribution in [3.63, 3.8) is 0 Å². The fourth-order valence-electron chi connectivity index (χ4n) is 0.312. The molecule has 41 valence electrons. The van der Waals surface area contributed by atoms with E-state index < -0.39 is 6.17 Å². The molecule has 0 spiro atoms. The lowest BCUT2D eigenvalue weighted by molar-refractivity contribution is 0.377. The van der Waals surface area contributed by atoms with Crippen molar-refractivity contribution in [1.82, 2.24) is 0 Å². The normalized spacial score (nSPS) is 13.4. The molecule has 0 unspecified atom stereocenters. The molecule has 0 rings (SSSR count). The third-order valence-electron chi connectivity index (χ3n) is 0.670. The highest BCUT2D eigenvalue weighted by Gasteiger charge is 2.00. The van der Waals surface area contributed by atoms with Crippen LogP contribution in [0.4, 0.5) is 4.39 Å². The molecule has 0 aliphatic heterocycles. The van der Waals surface area contributed by atoms with Gasteiger partial charge < -0.3 is 0 Å². The summed E-state index contributed by atoms with van der Waals surface area (Å²) in [5.74, 6) is 0. The molecule has 0 aliphatic rings. The Hall–Kier alpha value is -0.400. The topological polar surface area (TPSA) is 17.1 Å². The Morgan fingerprint density at radius 2 is 2.43 bits per heavy atom. The van der Waals surface area contributed by atoms with E-state index in [1.165, 1.54) is 6.29 Å². The number of halogens is 1. The number of alkyl halides is 1. The van der Waals surface area contributed by atoms with Gasteiger partial charge in [0.15, 0.2) is 6.17 Å². The second-order valence-corrected chi connectivity index (χ2v) is 1.37. The minimum absolute atomic E-state index is 0.309. The summed E-state index contributed by atoms with van der Waals surface area (Å²) >= 11 is 0. The SMILES string of the molecule is CCC[C@H](F)[C]=O.